The first kappa shape index (κ1) is 24.8. The van der Waals surface area contributed by atoms with Gasteiger partial charge in [0.2, 0.25) is 0 Å². The number of aromatic nitrogens is 3. The van der Waals surface area contributed by atoms with E-state index in [9.17, 15) is 14.9 Å². The Kier molecular flexibility index (Phi) is 6.67. The van der Waals surface area contributed by atoms with Gasteiger partial charge in [-0.05, 0) is 67.3 Å². The third kappa shape index (κ3) is 4.87. The highest BCUT2D eigenvalue weighted by molar-refractivity contribution is 7.80. The molecule has 0 saturated heterocycles. The second-order valence-corrected chi connectivity index (χ2v) is 8.83. The number of hydrogen-bond acceptors (Lipinski definition) is 7. The van der Waals surface area contributed by atoms with Crippen LogP contribution in [0.25, 0.3) is 27.5 Å². The Morgan fingerprint density at radius 2 is 1.79 bits per heavy atom. The summed E-state index contributed by atoms with van der Waals surface area (Å²) in [7, 11) is 0. The minimum Gasteiger partial charge on any atom is -0.487 e. The molecular weight excluding hydrogens is 504 g/mol. The molecule has 4 aromatic carbocycles. The molecule has 0 aliphatic heterocycles. The molecule has 190 valence electrons. The summed E-state index contributed by atoms with van der Waals surface area (Å²) in [4.78, 5) is 25.1. The lowest BCUT2D eigenvalue weighted by atomic mass is 10.1. The van der Waals surface area contributed by atoms with Gasteiger partial charge in [-0.1, -0.05) is 36.4 Å². The van der Waals surface area contributed by atoms with Gasteiger partial charge in [0.05, 0.1) is 17.2 Å². The average Bonchev–Trinajstić information content (AvgIpc) is 3.31. The summed E-state index contributed by atoms with van der Waals surface area (Å²) in [6.45, 7) is 3.87. The lowest BCUT2D eigenvalue weighted by Gasteiger charge is -2.12. The number of ether oxygens (including phenoxy) is 1. The largest absolute Gasteiger partial charge is 0.487 e. The van der Waals surface area contributed by atoms with Crippen LogP contribution in [0.1, 0.15) is 22.8 Å². The molecule has 5 rings (SSSR count). The molecule has 0 saturated carbocycles. The van der Waals surface area contributed by atoms with E-state index in [0.29, 0.717) is 16.7 Å². The first-order valence-electron chi connectivity index (χ1n) is 11.7. The molecule has 10 nitrogen and oxygen atoms in total. The highest BCUT2D eigenvalue weighted by Gasteiger charge is 2.19. The molecule has 1 aromatic heterocycles. The second-order valence-electron chi connectivity index (χ2n) is 8.42. The Balaban J connectivity index is 1.36. The molecule has 0 fully saturated rings. The van der Waals surface area contributed by atoms with E-state index in [1.165, 1.54) is 12.1 Å². The Hall–Kier alpha value is -4.90. The maximum absolute atomic E-state index is 12.7. The molecule has 0 bridgehead atoms. The first-order chi connectivity index (χ1) is 18.3. The van der Waals surface area contributed by atoms with E-state index in [0.717, 1.165) is 28.1 Å². The van der Waals surface area contributed by atoms with Crippen LogP contribution in [0, 0.1) is 17.0 Å². The molecule has 5 aromatic rings. The number of anilines is 1. The lowest BCUT2D eigenvalue weighted by Crippen LogP contribution is -2.34. The molecule has 0 spiro atoms. The zero-order valence-electron chi connectivity index (χ0n) is 20.5. The standard InChI is InChI=1S/C27H22N6O4S/c1-3-37-25-12-11-18(14-24(25)33(35)36)26(34)29-27(38)28-20-15-22-21(13-16(20)2)30-32(31-22)23-10-6-8-17-7-4-5-9-19(17)23/h4-15H,3H2,1-2H3,(H2,28,29,34,38). The highest BCUT2D eigenvalue weighted by atomic mass is 32.1. The second kappa shape index (κ2) is 10.2. The fraction of sp³-hybridized carbons (Fsp3) is 0.111. The van der Waals surface area contributed by atoms with Crippen molar-refractivity contribution in [2.24, 2.45) is 0 Å². The average molecular weight is 527 g/mol. The Bertz CT molecular complexity index is 1730. The molecule has 0 aliphatic carbocycles. The quantitative estimate of drug-likeness (QED) is 0.173. The zero-order chi connectivity index (χ0) is 26.8. The number of aryl methyl sites for hydroxylation is 1. The van der Waals surface area contributed by atoms with Gasteiger partial charge >= 0.3 is 5.69 Å². The van der Waals surface area contributed by atoms with Gasteiger partial charge in [0.15, 0.2) is 10.9 Å². The minimum absolute atomic E-state index is 0.0374. The maximum atomic E-state index is 12.7. The fourth-order valence-electron chi connectivity index (χ4n) is 4.10. The maximum Gasteiger partial charge on any atom is 0.311 e. The molecule has 11 heteroatoms. The number of carbonyl (C=O) groups is 1. The number of carbonyl (C=O) groups excluding carboxylic acids is 1. The summed E-state index contributed by atoms with van der Waals surface area (Å²) in [6.07, 6.45) is 0. The number of hydrogen-bond donors (Lipinski definition) is 2. The first-order valence-corrected chi connectivity index (χ1v) is 12.1. The predicted molar refractivity (Wildman–Crippen MR) is 149 cm³/mol. The molecule has 0 radical (unpaired) electrons. The van der Waals surface area contributed by atoms with E-state index in [-0.39, 0.29) is 28.7 Å². The van der Waals surface area contributed by atoms with Crippen LogP contribution in [-0.2, 0) is 0 Å². The topological polar surface area (TPSA) is 124 Å². The van der Waals surface area contributed by atoms with Crippen molar-refractivity contribution >= 4 is 56.4 Å². The van der Waals surface area contributed by atoms with Crippen LogP contribution in [-0.4, -0.2) is 37.5 Å². The minimum atomic E-state index is -0.595. The number of fused-ring (bicyclic) bond motifs is 2. The van der Waals surface area contributed by atoms with Crippen LogP contribution in [0.2, 0.25) is 0 Å². The molecule has 1 amide bonds. The zero-order valence-corrected chi connectivity index (χ0v) is 21.3. The van der Waals surface area contributed by atoms with Gasteiger partial charge in [0.25, 0.3) is 5.91 Å². The number of benzene rings is 4. The lowest BCUT2D eigenvalue weighted by molar-refractivity contribution is -0.385. The third-order valence-corrected chi connectivity index (χ3v) is 6.11. The molecule has 2 N–H and O–H groups in total. The van der Waals surface area contributed by atoms with E-state index in [4.69, 9.17) is 17.0 Å². The number of nitrogens with zero attached hydrogens (tertiary/aromatic N) is 4. The summed E-state index contributed by atoms with van der Waals surface area (Å²) in [5, 5.41) is 28.4. The summed E-state index contributed by atoms with van der Waals surface area (Å²) in [5.41, 5.74) is 3.48. The van der Waals surface area contributed by atoms with Gasteiger partial charge in [-0.3, -0.25) is 20.2 Å². The van der Waals surface area contributed by atoms with Crippen molar-refractivity contribution in [1.29, 1.82) is 0 Å². The van der Waals surface area contributed by atoms with Gasteiger partial charge in [0, 0.05) is 22.7 Å². The molecule has 1 heterocycles. The van der Waals surface area contributed by atoms with Crippen LogP contribution in [0.3, 0.4) is 0 Å². The van der Waals surface area contributed by atoms with Crippen molar-refractivity contribution in [3.63, 3.8) is 0 Å². The van der Waals surface area contributed by atoms with E-state index in [2.05, 4.69) is 20.8 Å². The number of nitro groups is 1. The number of nitrogens with one attached hydrogen (secondary N) is 2. The third-order valence-electron chi connectivity index (χ3n) is 5.90. The molecular formula is C27H22N6O4S. The summed E-state index contributed by atoms with van der Waals surface area (Å²) < 4.78 is 5.27. The van der Waals surface area contributed by atoms with Crippen LogP contribution in [0.5, 0.6) is 5.75 Å². The number of rotatable bonds is 6. The smallest absolute Gasteiger partial charge is 0.311 e. The number of nitro benzene ring substituents is 1. The van der Waals surface area contributed by atoms with E-state index in [1.54, 1.807) is 17.8 Å². The van der Waals surface area contributed by atoms with Gasteiger partial charge in [-0.15, -0.1) is 15.0 Å². The van der Waals surface area contributed by atoms with Crippen molar-refractivity contribution in [3.8, 4) is 11.4 Å². The molecule has 0 unspecified atom stereocenters. The van der Waals surface area contributed by atoms with Crippen molar-refractivity contribution in [2.45, 2.75) is 13.8 Å². The molecule has 0 aliphatic rings. The summed E-state index contributed by atoms with van der Waals surface area (Å²) >= 11 is 5.34. The molecule has 0 atom stereocenters. The Morgan fingerprint density at radius 1 is 1.05 bits per heavy atom. The fourth-order valence-corrected chi connectivity index (χ4v) is 4.30. The molecule has 38 heavy (non-hydrogen) atoms. The monoisotopic (exact) mass is 526 g/mol. The summed E-state index contributed by atoms with van der Waals surface area (Å²) in [6, 6.07) is 21.7. The van der Waals surface area contributed by atoms with Gasteiger partial charge < -0.3 is 10.1 Å². The van der Waals surface area contributed by atoms with E-state index < -0.39 is 10.8 Å². The normalized spacial score (nSPS) is 10.9. The van der Waals surface area contributed by atoms with Crippen LogP contribution in [0.4, 0.5) is 11.4 Å². The van der Waals surface area contributed by atoms with Gasteiger partial charge in [0.1, 0.15) is 11.0 Å². The van der Waals surface area contributed by atoms with Gasteiger partial charge in [-0.2, -0.15) is 0 Å². The SMILES string of the molecule is CCOc1ccc(C(=O)NC(=S)Nc2cc3nn(-c4cccc5ccccc45)nc3cc2C)cc1[N+](=O)[O-]. The van der Waals surface area contributed by atoms with Gasteiger partial charge in [-0.25, -0.2) is 0 Å². The van der Waals surface area contributed by atoms with Crippen molar-refractivity contribution in [1.82, 2.24) is 20.3 Å². The van der Waals surface area contributed by atoms with Crippen molar-refractivity contribution in [2.75, 3.05) is 11.9 Å². The van der Waals surface area contributed by atoms with Crippen molar-refractivity contribution in [3.05, 3.63) is 94.0 Å². The summed E-state index contributed by atoms with van der Waals surface area (Å²) in [5.74, 6) is -0.496. The predicted octanol–water partition coefficient (Wildman–Crippen LogP) is 5.32. The Morgan fingerprint density at radius 3 is 2.55 bits per heavy atom. The Labute approximate surface area is 222 Å². The van der Waals surface area contributed by atoms with Crippen molar-refractivity contribution < 1.29 is 14.5 Å². The number of thiocarbonyl (C=S) groups is 1. The van der Waals surface area contributed by atoms with Crippen LogP contribution >= 0.6 is 12.2 Å². The van der Waals surface area contributed by atoms with E-state index >= 15 is 0 Å². The number of amides is 1. The highest BCUT2D eigenvalue weighted by Crippen LogP contribution is 2.28. The van der Waals surface area contributed by atoms with Crippen LogP contribution in [0.15, 0.2) is 72.8 Å². The van der Waals surface area contributed by atoms with Crippen LogP contribution < -0.4 is 15.4 Å². The van der Waals surface area contributed by atoms with E-state index in [1.807, 2.05) is 55.5 Å².